The van der Waals surface area contributed by atoms with Gasteiger partial charge < -0.3 is 15.8 Å². The number of carbonyl (C=O) groups excluding carboxylic acids is 1. The predicted molar refractivity (Wildman–Crippen MR) is 70.8 cm³/mol. The molecule has 0 atom stereocenters. The van der Waals surface area contributed by atoms with Gasteiger partial charge in [0.25, 0.3) is 5.91 Å². The third kappa shape index (κ3) is 4.68. The summed E-state index contributed by atoms with van der Waals surface area (Å²) in [4.78, 5) is 11.3. The van der Waals surface area contributed by atoms with Crippen LogP contribution < -0.4 is 10.6 Å². The van der Waals surface area contributed by atoms with Crippen molar-refractivity contribution in [2.75, 3.05) is 18.9 Å². The van der Waals surface area contributed by atoms with Crippen LogP contribution in [0.4, 0.5) is 5.69 Å². The molecule has 0 bridgehead atoms. The number of nitrogens with one attached hydrogen (secondary N) is 2. The number of amides is 1. The molecule has 0 saturated heterocycles. The van der Waals surface area contributed by atoms with E-state index in [0.717, 1.165) is 24.7 Å². The maximum absolute atomic E-state index is 11.3. The molecule has 0 aliphatic rings. The standard InChI is InChI=1S/C13H15N3O2/c1-14-9-5-4-7-11-6-2-3-8-12(11)16-13(17)10-15-18/h2-3,6,8,10,14,18H,5,9H2,1H3,(H,16,17). The molecule has 1 aromatic carbocycles. The minimum atomic E-state index is -0.498. The molecular formula is C13H15N3O2. The van der Waals surface area contributed by atoms with Crippen LogP contribution in [0.3, 0.4) is 0 Å². The summed E-state index contributed by atoms with van der Waals surface area (Å²) in [6.07, 6.45) is 1.53. The van der Waals surface area contributed by atoms with Crippen LogP contribution in [0.15, 0.2) is 29.4 Å². The number of rotatable bonds is 4. The Balaban J connectivity index is 2.78. The largest absolute Gasteiger partial charge is 0.411 e. The number of benzene rings is 1. The van der Waals surface area contributed by atoms with Gasteiger partial charge in [-0.15, -0.1) is 0 Å². The van der Waals surface area contributed by atoms with Crippen molar-refractivity contribution in [3.05, 3.63) is 29.8 Å². The second-order valence-corrected chi connectivity index (χ2v) is 3.43. The van der Waals surface area contributed by atoms with Crippen molar-refractivity contribution in [3.8, 4) is 11.8 Å². The highest BCUT2D eigenvalue weighted by molar-refractivity contribution is 6.31. The zero-order valence-corrected chi connectivity index (χ0v) is 10.1. The summed E-state index contributed by atoms with van der Waals surface area (Å²) < 4.78 is 0. The van der Waals surface area contributed by atoms with E-state index in [9.17, 15) is 4.79 Å². The number of oxime groups is 1. The lowest BCUT2D eigenvalue weighted by molar-refractivity contribution is -0.110. The van der Waals surface area contributed by atoms with E-state index in [-0.39, 0.29) is 0 Å². The van der Waals surface area contributed by atoms with E-state index in [0.29, 0.717) is 5.69 Å². The molecule has 0 radical (unpaired) electrons. The lowest BCUT2D eigenvalue weighted by atomic mass is 10.1. The molecule has 94 valence electrons. The van der Waals surface area contributed by atoms with Crippen LogP contribution in [-0.4, -0.2) is 30.9 Å². The Labute approximate surface area is 106 Å². The van der Waals surface area contributed by atoms with Crippen LogP contribution in [0.5, 0.6) is 0 Å². The molecule has 1 amide bonds. The monoisotopic (exact) mass is 245 g/mol. The highest BCUT2D eigenvalue weighted by Crippen LogP contribution is 2.13. The highest BCUT2D eigenvalue weighted by atomic mass is 16.4. The molecule has 5 nitrogen and oxygen atoms in total. The van der Waals surface area contributed by atoms with Gasteiger partial charge in [0, 0.05) is 18.5 Å². The number of anilines is 1. The van der Waals surface area contributed by atoms with Crippen LogP contribution in [0, 0.1) is 11.8 Å². The van der Waals surface area contributed by atoms with Crippen molar-refractivity contribution >= 4 is 17.8 Å². The zero-order chi connectivity index (χ0) is 13.2. The summed E-state index contributed by atoms with van der Waals surface area (Å²) in [7, 11) is 1.87. The molecule has 0 aromatic heterocycles. The second-order valence-electron chi connectivity index (χ2n) is 3.43. The summed E-state index contributed by atoms with van der Waals surface area (Å²) in [5.74, 6) is 5.49. The lowest BCUT2D eigenvalue weighted by Crippen LogP contribution is -2.13. The van der Waals surface area contributed by atoms with Crippen LogP contribution in [0.25, 0.3) is 0 Å². The fourth-order valence-corrected chi connectivity index (χ4v) is 1.26. The molecule has 0 saturated carbocycles. The van der Waals surface area contributed by atoms with Crippen molar-refractivity contribution in [2.24, 2.45) is 5.16 Å². The quantitative estimate of drug-likeness (QED) is 0.244. The van der Waals surface area contributed by atoms with Crippen molar-refractivity contribution in [2.45, 2.75) is 6.42 Å². The third-order valence-corrected chi connectivity index (χ3v) is 2.08. The number of hydrogen-bond acceptors (Lipinski definition) is 4. The summed E-state index contributed by atoms with van der Waals surface area (Å²) in [6, 6.07) is 7.20. The maximum Gasteiger partial charge on any atom is 0.270 e. The Morgan fingerprint density at radius 3 is 3.00 bits per heavy atom. The van der Waals surface area contributed by atoms with Crippen molar-refractivity contribution in [1.82, 2.24) is 5.32 Å². The molecule has 18 heavy (non-hydrogen) atoms. The maximum atomic E-state index is 11.3. The van der Waals surface area contributed by atoms with E-state index >= 15 is 0 Å². The van der Waals surface area contributed by atoms with Crippen LogP contribution in [0.1, 0.15) is 12.0 Å². The molecule has 1 rings (SSSR count). The van der Waals surface area contributed by atoms with Gasteiger partial charge >= 0.3 is 0 Å². The van der Waals surface area contributed by atoms with Crippen molar-refractivity contribution in [1.29, 1.82) is 0 Å². The Morgan fingerprint density at radius 2 is 2.28 bits per heavy atom. The first kappa shape index (κ1) is 13.7. The smallest absolute Gasteiger partial charge is 0.270 e. The van der Waals surface area contributed by atoms with Gasteiger partial charge in [0.05, 0.1) is 5.69 Å². The molecule has 0 fully saturated rings. The molecule has 0 heterocycles. The zero-order valence-electron chi connectivity index (χ0n) is 10.1. The molecule has 5 heteroatoms. The highest BCUT2D eigenvalue weighted by Gasteiger charge is 2.02. The molecule has 1 aromatic rings. The first-order valence-electron chi connectivity index (χ1n) is 5.49. The van der Waals surface area contributed by atoms with Gasteiger partial charge in [0.1, 0.15) is 6.21 Å². The van der Waals surface area contributed by atoms with E-state index < -0.39 is 5.91 Å². The van der Waals surface area contributed by atoms with E-state index in [1.165, 1.54) is 0 Å². The van der Waals surface area contributed by atoms with Gasteiger partial charge in [-0.1, -0.05) is 29.1 Å². The van der Waals surface area contributed by atoms with E-state index in [2.05, 4.69) is 27.6 Å². The summed E-state index contributed by atoms with van der Waals surface area (Å²) in [5, 5.41) is 16.5. The average Bonchev–Trinajstić information content (AvgIpc) is 2.37. The molecule has 0 spiro atoms. The topological polar surface area (TPSA) is 73.7 Å². The van der Waals surface area contributed by atoms with Crippen LogP contribution >= 0.6 is 0 Å². The number of para-hydroxylation sites is 1. The lowest BCUT2D eigenvalue weighted by Gasteiger charge is -2.03. The molecular weight excluding hydrogens is 230 g/mol. The van der Waals surface area contributed by atoms with Gasteiger partial charge in [-0.05, 0) is 19.2 Å². The van der Waals surface area contributed by atoms with Crippen molar-refractivity contribution < 1.29 is 10.0 Å². The minimum absolute atomic E-state index is 0.498. The first-order valence-corrected chi connectivity index (χ1v) is 5.49. The molecule has 0 aliphatic carbocycles. The number of carbonyl (C=O) groups is 1. The number of hydrogen-bond donors (Lipinski definition) is 3. The Kier molecular flexibility index (Phi) is 6.01. The van der Waals surface area contributed by atoms with Crippen LogP contribution in [-0.2, 0) is 4.79 Å². The SMILES string of the molecule is CNCCC#Cc1ccccc1NC(=O)C=NO. The van der Waals surface area contributed by atoms with Crippen LogP contribution in [0.2, 0.25) is 0 Å². The summed E-state index contributed by atoms with van der Waals surface area (Å²) >= 11 is 0. The normalized spacial score (nSPS) is 9.83. The first-order chi connectivity index (χ1) is 8.77. The van der Waals surface area contributed by atoms with E-state index in [1.54, 1.807) is 12.1 Å². The van der Waals surface area contributed by atoms with E-state index in [1.807, 2.05) is 19.2 Å². The van der Waals surface area contributed by atoms with Crippen molar-refractivity contribution in [3.63, 3.8) is 0 Å². The Bertz CT molecular complexity index is 486. The number of nitrogens with zero attached hydrogens (tertiary/aromatic N) is 1. The second kappa shape index (κ2) is 7.87. The predicted octanol–water partition coefficient (Wildman–Crippen LogP) is 1.05. The fraction of sp³-hybridized carbons (Fsp3) is 0.231. The molecule has 3 N–H and O–H groups in total. The fourth-order valence-electron chi connectivity index (χ4n) is 1.26. The average molecular weight is 245 g/mol. The molecule has 0 unspecified atom stereocenters. The minimum Gasteiger partial charge on any atom is -0.411 e. The van der Waals surface area contributed by atoms with Gasteiger partial charge in [-0.2, -0.15) is 0 Å². The summed E-state index contributed by atoms with van der Waals surface area (Å²) in [6.45, 7) is 0.818. The van der Waals surface area contributed by atoms with Gasteiger partial charge in [-0.3, -0.25) is 4.79 Å². The van der Waals surface area contributed by atoms with Gasteiger partial charge in [0.2, 0.25) is 0 Å². The third-order valence-electron chi connectivity index (χ3n) is 2.08. The summed E-state index contributed by atoms with van der Waals surface area (Å²) in [5.41, 5.74) is 1.33. The Morgan fingerprint density at radius 1 is 1.50 bits per heavy atom. The molecule has 0 aliphatic heterocycles. The van der Waals surface area contributed by atoms with E-state index in [4.69, 9.17) is 5.21 Å². The van der Waals surface area contributed by atoms with Gasteiger partial charge in [0.15, 0.2) is 0 Å². The Hall–Kier alpha value is -2.32. The van der Waals surface area contributed by atoms with Gasteiger partial charge in [-0.25, -0.2) is 0 Å².